The normalized spacial score (nSPS) is 12.3. The second-order valence-corrected chi connectivity index (χ2v) is 16.1. The molecule has 0 saturated heterocycles. The van der Waals surface area contributed by atoms with Gasteiger partial charge in [0.05, 0.1) is 10.3 Å². The highest BCUT2D eigenvalue weighted by Crippen LogP contribution is 2.47. The Kier molecular flexibility index (Phi) is 9.80. The van der Waals surface area contributed by atoms with E-state index in [1.165, 1.54) is 41.0 Å². The van der Waals surface area contributed by atoms with Crippen molar-refractivity contribution >= 4 is 17.5 Å². The summed E-state index contributed by atoms with van der Waals surface area (Å²) in [5.74, 6) is 0.208. The third kappa shape index (κ3) is 7.65. The summed E-state index contributed by atoms with van der Waals surface area (Å²) >= 11 is 0. The molecule has 5 rings (SSSR count). The van der Waals surface area contributed by atoms with E-state index < -0.39 is 16.4 Å². The predicted molar refractivity (Wildman–Crippen MR) is 204 cm³/mol. The largest absolute Gasteiger partial charge is 0.417 e. The second kappa shape index (κ2) is 13.6. The molecule has 6 heteroatoms. The number of nitrogens with one attached hydrogen (secondary N) is 1. The molecule has 50 heavy (non-hydrogen) atoms. The molecule has 0 radical (unpaired) electrons. The quantitative estimate of drug-likeness (QED) is 0.106. The van der Waals surface area contributed by atoms with Gasteiger partial charge in [-0.1, -0.05) is 147 Å². The third-order valence-electron chi connectivity index (χ3n) is 9.37. The summed E-state index contributed by atoms with van der Waals surface area (Å²) in [5, 5.41) is 13.8. The molecule has 0 aromatic heterocycles. The smallest absolute Gasteiger partial charge is 0.410 e. The zero-order chi connectivity index (χ0) is 36.5. The highest BCUT2D eigenvalue weighted by Gasteiger charge is 2.39. The first-order chi connectivity index (χ1) is 23.4. The lowest BCUT2D eigenvalue weighted by Gasteiger charge is -2.38. The van der Waals surface area contributed by atoms with Crippen molar-refractivity contribution in [1.29, 1.82) is 0 Å². The SMILES string of the molecule is CC(C)(C)c1ccc(C(c2ccc(NC(=O)Oc3ccc([N+](=O)[O-])cc3)cc2)(c2ccc(C(C)(C)C)cc2)c2ccc(C(C)(C)C)cc2)cc1. The average Bonchev–Trinajstić information content (AvgIpc) is 3.05. The highest BCUT2D eigenvalue weighted by atomic mass is 16.6. The molecule has 258 valence electrons. The van der Waals surface area contributed by atoms with Crippen LogP contribution in [0, 0.1) is 10.1 Å². The predicted octanol–water partition coefficient (Wildman–Crippen LogP) is 11.5. The Balaban J connectivity index is 1.64. The summed E-state index contributed by atoms with van der Waals surface area (Å²) in [5.41, 5.74) is 8.02. The molecule has 1 amide bonds. The van der Waals surface area contributed by atoms with Crippen LogP contribution in [0.3, 0.4) is 0 Å². The van der Waals surface area contributed by atoms with E-state index >= 15 is 0 Å². The van der Waals surface area contributed by atoms with Crippen LogP contribution < -0.4 is 10.1 Å². The van der Waals surface area contributed by atoms with Crippen molar-refractivity contribution in [2.45, 2.75) is 84.0 Å². The molecule has 0 aliphatic heterocycles. The van der Waals surface area contributed by atoms with Gasteiger partial charge in [-0.2, -0.15) is 0 Å². The zero-order valence-corrected chi connectivity index (χ0v) is 30.6. The fraction of sp³-hybridized carbons (Fsp3) is 0.295. The summed E-state index contributed by atoms with van der Waals surface area (Å²) in [6, 6.07) is 40.2. The highest BCUT2D eigenvalue weighted by molar-refractivity contribution is 5.86. The van der Waals surface area contributed by atoms with Crippen molar-refractivity contribution in [3.8, 4) is 5.75 Å². The van der Waals surface area contributed by atoms with Gasteiger partial charge in [-0.15, -0.1) is 0 Å². The van der Waals surface area contributed by atoms with E-state index in [2.05, 4.69) is 153 Å². The van der Waals surface area contributed by atoms with Gasteiger partial charge in [0, 0.05) is 17.8 Å². The molecule has 0 spiro atoms. The van der Waals surface area contributed by atoms with E-state index in [0.29, 0.717) is 5.69 Å². The number of carbonyl (C=O) groups is 1. The number of non-ortho nitro benzene ring substituents is 1. The molecule has 0 saturated carbocycles. The van der Waals surface area contributed by atoms with E-state index in [1.54, 1.807) is 0 Å². The van der Waals surface area contributed by atoms with Crippen molar-refractivity contribution in [3.63, 3.8) is 0 Å². The third-order valence-corrected chi connectivity index (χ3v) is 9.37. The molecular weight excluding hydrogens is 620 g/mol. The molecule has 0 bridgehead atoms. The maximum atomic E-state index is 12.8. The number of hydrogen-bond acceptors (Lipinski definition) is 4. The lowest BCUT2D eigenvalue weighted by atomic mass is 9.64. The van der Waals surface area contributed by atoms with Crippen LogP contribution >= 0.6 is 0 Å². The molecule has 1 N–H and O–H groups in total. The van der Waals surface area contributed by atoms with Gasteiger partial charge in [0.1, 0.15) is 5.75 Å². The zero-order valence-electron chi connectivity index (χ0n) is 30.6. The molecule has 5 aromatic carbocycles. The molecule has 0 fully saturated rings. The molecular formula is C44H48N2O4. The monoisotopic (exact) mass is 668 g/mol. The standard InChI is InChI=1S/C44H48N2O4/c1-41(2,3)30-10-16-33(17-11-30)44(34-18-12-31(13-19-34)42(4,5)6,35-20-14-32(15-21-35)43(7,8)9)36-22-24-37(25-23-36)45-40(47)50-39-28-26-38(27-29-39)46(48)49/h10-29H,1-9H3,(H,45,47). The van der Waals surface area contributed by atoms with Crippen molar-refractivity contribution < 1.29 is 14.5 Å². The number of ether oxygens (including phenoxy) is 1. The molecule has 0 heterocycles. The maximum absolute atomic E-state index is 12.8. The first-order valence-electron chi connectivity index (χ1n) is 17.1. The fourth-order valence-electron chi connectivity index (χ4n) is 6.35. The number of nitrogens with zero attached hydrogens (tertiary/aromatic N) is 1. The number of nitro groups is 1. The molecule has 6 nitrogen and oxygen atoms in total. The minimum atomic E-state index is -0.689. The van der Waals surface area contributed by atoms with Gasteiger partial charge < -0.3 is 4.74 Å². The second-order valence-electron chi connectivity index (χ2n) is 16.1. The van der Waals surface area contributed by atoms with Gasteiger partial charge >= 0.3 is 6.09 Å². The number of carbonyl (C=O) groups excluding carboxylic acids is 1. The van der Waals surface area contributed by atoms with Gasteiger partial charge in [-0.05, 0) is 79.5 Å². The Labute approximate surface area is 296 Å². The van der Waals surface area contributed by atoms with Crippen LogP contribution in [0.1, 0.15) is 101 Å². The fourth-order valence-corrected chi connectivity index (χ4v) is 6.35. The Hall–Kier alpha value is -5.23. The van der Waals surface area contributed by atoms with Crippen LogP contribution in [0.4, 0.5) is 16.2 Å². The Morgan fingerprint density at radius 3 is 1.10 bits per heavy atom. The number of rotatable bonds is 7. The Bertz CT molecular complexity index is 1800. The number of hydrogen-bond donors (Lipinski definition) is 1. The lowest BCUT2D eigenvalue weighted by Crippen LogP contribution is -2.31. The molecule has 0 aliphatic carbocycles. The summed E-state index contributed by atoms with van der Waals surface area (Å²) in [6.45, 7) is 20.0. The van der Waals surface area contributed by atoms with E-state index in [0.717, 1.165) is 22.3 Å². The lowest BCUT2D eigenvalue weighted by molar-refractivity contribution is -0.384. The maximum Gasteiger partial charge on any atom is 0.417 e. The molecule has 0 aliphatic rings. The van der Waals surface area contributed by atoms with Crippen molar-refractivity contribution in [2.24, 2.45) is 0 Å². The van der Waals surface area contributed by atoms with Gasteiger partial charge in [0.15, 0.2) is 0 Å². The van der Waals surface area contributed by atoms with Crippen molar-refractivity contribution in [1.82, 2.24) is 0 Å². The van der Waals surface area contributed by atoms with E-state index in [1.807, 2.05) is 12.1 Å². The minimum Gasteiger partial charge on any atom is -0.410 e. The van der Waals surface area contributed by atoms with E-state index in [9.17, 15) is 14.9 Å². The summed E-state index contributed by atoms with van der Waals surface area (Å²) in [6.07, 6.45) is -0.689. The van der Waals surface area contributed by atoms with Crippen LogP contribution in [0.2, 0.25) is 0 Å². The molecule has 0 unspecified atom stereocenters. The summed E-state index contributed by atoms with van der Waals surface area (Å²) in [7, 11) is 0. The van der Waals surface area contributed by atoms with Crippen molar-refractivity contribution in [3.05, 3.63) is 170 Å². The summed E-state index contributed by atoms with van der Waals surface area (Å²) < 4.78 is 5.40. The summed E-state index contributed by atoms with van der Waals surface area (Å²) in [4.78, 5) is 23.3. The first kappa shape index (κ1) is 36.1. The van der Waals surface area contributed by atoms with E-state index in [4.69, 9.17) is 4.74 Å². The molecule has 0 atom stereocenters. The van der Waals surface area contributed by atoms with Crippen LogP contribution in [-0.2, 0) is 21.7 Å². The van der Waals surface area contributed by atoms with E-state index in [-0.39, 0.29) is 27.7 Å². The first-order valence-corrected chi connectivity index (χ1v) is 17.1. The molecule has 5 aromatic rings. The van der Waals surface area contributed by atoms with Crippen LogP contribution in [0.25, 0.3) is 0 Å². The van der Waals surface area contributed by atoms with Crippen molar-refractivity contribution in [2.75, 3.05) is 5.32 Å². The number of benzene rings is 5. The minimum absolute atomic E-state index is 0.000296. The van der Waals surface area contributed by atoms with Gasteiger partial charge in [0.25, 0.3) is 5.69 Å². The van der Waals surface area contributed by atoms with Gasteiger partial charge in [-0.25, -0.2) is 4.79 Å². The number of amides is 1. The van der Waals surface area contributed by atoms with Crippen LogP contribution in [0.5, 0.6) is 5.75 Å². The number of anilines is 1. The topological polar surface area (TPSA) is 81.5 Å². The van der Waals surface area contributed by atoms with Crippen LogP contribution in [0.15, 0.2) is 121 Å². The number of nitro benzene ring substituents is 1. The van der Waals surface area contributed by atoms with Gasteiger partial charge in [-0.3, -0.25) is 15.4 Å². The Morgan fingerprint density at radius 2 is 0.800 bits per heavy atom. The Morgan fingerprint density at radius 1 is 0.500 bits per heavy atom. The average molecular weight is 669 g/mol. The van der Waals surface area contributed by atoms with Crippen LogP contribution in [-0.4, -0.2) is 11.0 Å². The van der Waals surface area contributed by atoms with Gasteiger partial charge in [0.2, 0.25) is 0 Å².